The van der Waals surface area contributed by atoms with E-state index in [-0.39, 0.29) is 16.7 Å². The van der Waals surface area contributed by atoms with E-state index in [0.717, 1.165) is 34.2 Å². The molecule has 1 atom stereocenters. The zero-order chi connectivity index (χ0) is 18.3. The van der Waals surface area contributed by atoms with Gasteiger partial charge >= 0.3 is 0 Å². The molecule has 0 bridgehead atoms. The Hall–Kier alpha value is -0.0400. The molecule has 0 radical (unpaired) electrons. The quantitative estimate of drug-likeness (QED) is 0.405. The van der Waals surface area contributed by atoms with Crippen LogP contribution in [0.3, 0.4) is 0 Å². The van der Waals surface area contributed by atoms with Gasteiger partial charge in [0.05, 0.1) is 10.8 Å². The van der Waals surface area contributed by atoms with E-state index in [9.17, 15) is 0 Å². The van der Waals surface area contributed by atoms with Gasteiger partial charge in [0.1, 0.15) is 11.5 Å². The SMILES string of the molecule is CC(C)(C)CCC(C)(C)C(c1cc(S)c(S)o1)c1oc(S)cc1S. The molecule has 2 nitrogen and oxygen atoms in total. The number of thiol groups is 4. The summed E-state index contributed by atoms with van der Waals surface area (Å²) in [4.78, 5) is 1.51. The second kappa shape index (κ2) is 7.29. The van der Waals surface area contributed by atoms with Crippen molar-refractivity contribution in [3.8, 4) is 0 Å². The Morgan fingerprint density at radius 1 is 0.875 bits per heavy atom. The van der Waals surface area contributed by atoms with Crippen LogP contribution in [-0.4, -0.2) is 0 Å². The van der Waals surface area contributed by atoms with Gasteiger partial charge in [-0.15, -0.1) is 50.5 Å². The monoisotopic (exact) mass is 402 g/mol. The van der Waals surface area contributed by atoms with Gasteiger partial charge in [0, 0.05) is 11.0 Å². The minimum absolute atomic E-state index is 0.0833. The molecule has 0 aromatic carbocycles. The standard InChI is InChI=1S/C18H26O2S4/c1-17(2,3)6-7-18(4,5)14(10-8-12(22)16(24)19-10)15-11(21)9-13(23)20-15/h8-9,14,21-24H,6-7H2,1-5H3. The van der Waals surface area contributed by atoms with E-state index in [2.05, 4.69) is 85.1 Å². The normalized spacial score (nSPS) is 14.2. The van der Waals surface area contributed by atoms with Crippen LogP contribution in [0.2, 0.25) is 0 Å². The molecule has 0 aliphatic rings. The van der Waals surface area contributed by atoms with E-state index in [0.29, 0.717) is 10.2 Å². The zero-order valence-corrected chi connectivity index (χ0v) is 18.3. The van der Waals surface area contributed by atoms with Crippen LogP contribution < -0.4 is 0 Å². The molecule has 2 heterocycles. The number of rotatable bonds is 5. The van der Waals surface area contributed by atoms with Gasteiger partial charge in [0.2, 0.25) is 0 Å². The van der Waals surface area contributed by atoms with Crippen LogP contribution in [-0.2, 0) is 0 Å². The molecule has 0 aliphatic heterocycles. The van der Waals surface area contributed by atoms with Crippen LogP contribution in [0, 0.1) is 10.8 Å². The van der Waals surface area contributed by atoms with Crippen LogP contribution >= 0.6 is 50.5 Å². The number of hydrogen-bond donors (Lipinski definition) is 4. The van der Waals surface area contributed by atoms with Crippen molar-refractivity contribution in [2.75, 3.05) is 0 Å². The number of hydrogen-bond acceptors (Lipinski definition) is 6. The first kappa shape index (κ1) is 20.3. The summed E-state index contributed by atoms with van der Waals surface area (Å²) < 4.78 is 11.8. The van der Waals surface area contributed by atoms with Crippen molar-refractivity contribution in [1.29, 1.82) is 0 Å². The topological polar surface area (TPSA) is 26.3 Å². The van der Waals surface area contributed by atoms with Gasteiger partial charge in [-0.2, -0.15) is 0 Å². The Morgan fingerprint density at radius 2 is 1.50 bits per heavy atom. The lowest BCUT2D eigenvalue weighted by Gasteiger charge is -2.34. The van der Waals surface area contributed by atoms with E-state index >= 15 is 0 Å². The molecule has 0 fully saturated rings. The van der Waals surface area contributed by atoms with E-state index in [1.165, 1.54) is 0 Å². The highest BCUT2D eigenvalue weighted by Crippen LogP contribution is 2.49. The average Bonchev–Trinajstić information content (AvgIpc) is 2.90. The first-order chi connectivity index (χ1) is 10.9. The highest BCUT2D eigenvalue weighted by Gasteiger charge is 2.39. The van der Waals surface area contributed by atoms with E-state index in [1.807, 2.05) is 12.1 Å². The van der Waals surface area contributed by atoms with Crippen LogP contribution in [0.5, 0.6) is 0 Å². The lowest BCUT2D eigenvalue weighted by atomic mass is 9.70. The summed E-state index contributed by atoms with van der Waals surface area (Å²) >= 11 is 17.7. The van der Waals surface area contributed by atoms with Crippen molar-refractivity contribution >= 4 is 50.5 Å². The fraction of sp³-hybridized carbons (Fsp3) is 0.556. The van der Waals surface area contributed by atoms with Crippen molar-refractivity contribution in [1.82, 2.24) is 0 Å². The molecule has 0 N–H and O–H groups in total. The van der Waals surface area contributed by atoms with Crippen molar-refractivity contribution in [3.05, 3.63) is 23.7 Å². The fourth-order valence-electron chi connectivity index (χ4n) is 2.83. The maximum absolute atomic E-state index is 5.88. The lowest BCUT2D eigenvalue weighted by molar-refractivity contribution is 0.189. The van der Waals surface area contributed by atoms with Gasteiger partial charge in [0.15, 0.2) is 10.2 Å². The summed E-state index contributed by atoms with van der Waals surface area (Å²) in [5, 5.41) is 1.07. The third-order valence-electron chi connectivity index (χ3n) is 4.29. The summed E-state index contributed by atoms with van der Waals surface area (Å²) in [7, 11) is 0. The molecule has 0 spiro atoms. The summed E-state index contributed by atoms with van der Waals surface area (Å²) in [6.45, 7) is 11.2. The van der Waals surface area contributed by atoms with Crippen molar-refractivity contribution < 1.29 is 8.83 Å². The van der Waals surface area contributed by atoms with Crippen molar-refractivity contribution in [3.63, 3.8) is 0 Å². The molecule has 2 aromatic heterocycles. The van der Waals surface area contributed by atoms with Gasteiger partial charge in [-0.25, -0.2) is 0 Å². The molecule has 134 valence electrons. The van der Waals surface area contributed by atoms with Crippen molar-refractivity contribution in [2.45, 2.75) is 73.4 Å². The molecule has 1 unspecified atom stereocenters. The lowest BCUT2D eigenvalue weighted by Crippen LogP contribution is -2.25. The van der Waals surface area contributed by atoms with Gasteiger partial charge in [-0.05, 0) is 29.7 Å². The number of furan rings is 2. The molecule has 0 amide bonds. The molecule has 0 saturated carbocycles. The summed E-state index contributed by atoms with van der Waals surface area (Å²) in [6, 6.07) is 3.74. The van der Waals surface area contributed by atoms with Crippen LogP contribution in [0.4, 0.5) is 0 Å². The molecule has 0 saturated heterocycles. The Morgan fingerprint density at radius 3 is 1.92 bits per heavy atom. The molecular formula is C18H26O2S4. The zero-order valence-electron chi connectivity index (χ0n) is 14.8. The summed E-state index contributed by atoms with van der Waals surface area (Å²) in [6.07, 6.45) is 2.11. The molecule has 24 heavy (non-hydrogen) atoms. The largest absolute Gasteiger partial charge is 0.453 e. The first-order valence-corrected chi connectivity index (χ1v) is 9.73. The van der Waals surface area contributed by atoms with Crippen molar-refractivity contribution in [2.24, 2.45) is 10.8 Å². The predicted molar refractivity (Wildman–Crippen MR) is 111 cm³/mol. The van der Waals surface area contributed by atoms with E-state index in [1.54, 1.807) is 0 Å². The first-order valence-electron chi connectivity index (χ1n) is 7.94. The second-order valence-electron chi connectivity index (χ2n) is 8.16. The van der Waals surface area contributed by atoms with Gasteiger partial charge in [0.25, 0.3) is 0 Å². The summed E-state index contributed by atoms with van der Waals surface area (Å²) in [5.41, 5.74) is 0.164. The Labute approximate surface area is 166 Å². The predicted octanol–water partition coefficient (Wildman–Crippen LogP) is 7.01. The van der Waals surface area contributed by atoms with Gasteiger partial charge in [-0.3, -0.25) is 0 Å². The van der Waals surface area contributed by atoms with Gasteiger partial charge in [-0.1, -0.05) is 34.6 Å². The maximum Gasteiger partial charge on any atom is 0.170 e. The molecular weight excluding hydrogens is 376 g/mol. The summed E-state index contributed by atoms with van der Waals surface area (Å²) in [5.74, 6) is 1.49. The average molecular weight is 403 g/mol. The molecule has 2 aromatic rings. The fourth-order valence-corrected chi connectivity index (χ4v) is 3.80. The van der Waals surface area contributed by atoms with Crippen LogP contribution in [0.1, 0.15) is 64.9 Å². The van der Waals surface area contributed by atoms with E-state index in [4.69, 9.17) is 8.83 Å². The smallest absolute Gasteiger partial charge is 0.170 e. The Balaban J connectivity index is 2.48. The minimum Gasteiger partial charge on any atom is -0.453 e. The highest BCUT2D eigenvalue weighted by atomic mass is 32.1. The maximum atomic E-state index is 5.88. The molecule has 0 aliphatic carbocycles. The Kier molecular flexibility index (Phi) is 6.16. The Bertz CT molecular complexity index is 688. The second-order valence-corrected chi connectivity index (χ2v) is 9.97. The minimum atomic E-state index is -0.0961. The van der Waals surface area contributed by atoms with Crippen LogP contribution in [0.25, 0.3) is 0 Å². The third kappa shape index (κ3) is 4.77. The molecule has 6 heteroatoms. The van der Waals surface area contributed by atoms with Gasteiger partial charge < -0.3 is 8.83 Å². The highest BCUT2D eigenvalue weighted by molar-refractivity contribution is 7.83. The molecule has 2 rings (SSSR count). The third-order valence-corrected chi connectivity index (χ3v) is 5.70. The van der Waals surface area contributed by atoms with E-state index < -0.39 is 0 Å². The van der Waals surface area contributed by atoms with Crippen LogP contribution in [0.15, 0.2) is 40.9 Å².